The highest BCUT2D eigenvalue weighted by Crippen LogP contribution is 2.06. The van der Waals surface area contributed by atoms with Gasteiger partial charge < -0.3 is 15.3 Å². The molecule has 0 aliphatic carbocycles. The molecule has 56 valence electrons. The molecule has 0 unspecified atom stereocenters. The van der Waals surface area contributed by atoms with Gasteiger partial charge in [-0.3, -0.25) is 0 Å². The van der Waals surface area contributed by atoms with E-state index in [-0.39, 0.29) is 6.61 Å². The summed E-state index contributed by atoms with van der Waals surface area (Å²) in [5, 5.41) is 26.3. The Balaban J connectivity index is 3.68. The maximum absolute atomic E-state index is 8.86. The van der Waals surface area contributed by atoms with Crippen LogP contribution in [0.4, 0.5) is 0 Å². The monoisotopic (exact) mass is 134 g/mol. The van der Waals surface area contributed by atoms with Crippen LogP contribution < -0.4 is 0 Å². The molecule has 0 fully saturated rings. The highest BCUT2D eigenvalue weighted by atomic mass is 16.3. The van der Waals surface area contributed by atoms with Gasteiger partial charge in [0.15, 0.2) is 0 Å². The lowest BCUT2D eigenvalue weighted by Crippen LogP contribution is -2.30. The quantitative estimate of drug-likeness (QED) is 0.481. The number of hydrogen-bond donors (Lipinski definition) is 3. The molecule has 0 aliphatic heterocycles. The standard InChI is InChI=1S/C6H14O3/c1-4(8)6(3-7)5(2)9/h4-9H,3H2,1-2H3/t4-,5-/m1/s1. The van der Waals surface area contributed by atoms with Gasteiger partial charge in [-0.25, -0.2) is 0 Å². The average Bonchev–Trinajstić information content (AvgIpc) is 1.64. The van der Waals surface area contributed by atoms with E-state index in [9.17, 15) is 0 Å². The second kappa shape index (κ2) is 3.82. The van der Waals surface area contributed by atoms with E-state index in [1.54, 1.807) is 13.8 Å². The minimum Gasteiger partial charge on any atom is -0.396 e. The first kappa shape index (κ1) is 8.88. The molecule has 0 radical (unpaired) electrons. The van der Waals surface area contributed by atoms with Crippen molar-refractivity contribution in [2.24, 2.45) is 5.92 Å². The van der Waals surface area contributed by atoms with Crippen molar-refractivity contribution in [2.45, 2.75) is 26.1 Å². The third-order valence-electron chi connectivity index (χ3n) is 1.45. The third kappa shape index (κ3) is 2.79. The number of aliphatic hydroxyl groups is 3. The molecule has 0 bridgehead atoms. The predicted molar refractivity (Wildman–Crippen MR) is 33.9 cm³/mol. The Labute approximate surface area is 54.9 Å². The maximum atomic E-state index is 8.86. The maximum Gasteiger partial charge on any atom is 0.0586 e. The van der Waals surface area contributed by atoms with E-state index in [0.29, 0.717) is 0 Å². The number of rotatable bonds is 3. The van der Waals surface area contributed by atoms with Gasteiger partial charge in [-0.05, 0) is 13.8 Å². The Morgan fingerprint density at radius 3 is 1.44 bits per heavy atom. The van der Waals surface area contributed by atoms with Crippen LogP contribution in [0.15, 0.2) is 0 Å². The first-order chi connectivity index (χ1) is 4.09. The van der Waals surface area contributed by atoms with Crippen LogP contribution in [0.2, 0.25) is 0 Å². The van der Waals surface area contributed by atoms with E-state index in [4.69, 9.17) is 15.3 Å². The molecule has 0 spiro atoms. The largest absolute Gasteiger partial charge is 0.396 e. The van der Waals surface area contributed by atoms with Crippen molar-refractivity contribution in [1.82, 2.24) is 0 Å². The molecule has 0 heterocycles. The number of hydrogen-bond acceptors (Lipinski definition) is 3. The minimum absolute atomic E-state index is 0.171. The molecule has 0 rings (SSSR count). The van der Waals surface area contributed by atoms with Crippen LogP contribution in [0.5, 0.6) is 0 Å². The molecule has 0 aromatic rings. The molecule has 0 saturated heterocycles. The predicted octanol–water partition coefficient (Wildman–Crippen LogP) is -0.644. The Morgan fingerprint density at radius 1 is 1.11 bits per heavy atom. The second-order valence-corrected chi connectivity index (χ2v) is 2.33. The molecule has 0 aromatic carbocycles. The zero-order valence-electron chi connectivity index (χ0n) is 5.78. The summed E-state index contributed by atoms with van der Waals surface area (Å²) in [6.07, 6.45) is -1.29. The van der Waals surface area contributed by atoms with E-state index in [2.05, 4.69) is 0 Å². The second-order valence-electron chi connectivity index (χ2n) is 2.33. The van der Waals surface area contributed by atoms with E-state index < -0.39 is 18.1 Å². The third-order valence-corrected chi connectivity index (χ3v) is 1.45. The van der Waals surface area contributed by atoms with Crippen LogP contribution in [0.25, 0.3) is 0 Å². The van der Waals surface area contributed by atoms with Gasteiger partial charge in [0.1, 0.15) is 0 Å². The van der Waals surface area contributed by atoms with Crippen molar-refractivity contribution in [3.8, 4) is 0 Å². The molecule has 0 saturated carbocycles. The van der Waals surface area contributed by atoms with Crippen LogP contribution in [0.3, 0.4) is 0 Å². The van der Waals surface area contributed by atoms with Gasteiger partial charge in [0.2, 0.25) is 0 Å². The zero-order chi connectivity index (χ0) is 7.44. The Bertz CT molecular complexity index is 62.7. The van der Waals surface area contributed by atoms with Crippen molar-refractivity contribution in [2.75, 3.05) is 6.61 Å². The van der Waals surface area contributed by atoms with Gasteiger partial charge in [0.05, 0.1) is 18.8 Å². The molecular weight excluding hydrogens is 120 g/mol. The smallest absolute Gasteiger partial charge is 0.0586 e. The van der Waals surface area contributed by atoms with E-state index >= 15 is 0 Å². The highest BCUT2D eigenvalue weighted by Gasteiger charge is 2.18. The van der Waals surface area contributed by atoms with Crippen molar-refractivity contribution >= 4 is 0 Å². The summed E-state index contributed by atoms with van der Waals surface area (Å²) < 4.78 is 0. The molecule has 0 aliphatic rings. The first-order valence-electron chi connectivity index (χ1n) is 3.06. The van der Waals surface area contributed by atoms with Gasteiger partial charge in [-0.2, -0.15) is 0 Å². The lowest BCUT2D eigenvalue weighted by Gasteiger charge is -2.19. The van der Waals surface area contributed by atoms with E-state index in [1.807, 2.05) is 0 Å². The van der Waals surface area contributed by atoms with Crippen molar-refractivity contribution in [3.63, 3.8) is 0 Å². The van der Waals surface area contributed by atoms with Crippen molar-refractivity contribution < 1.29 is 15.3 Å². The Morgan fingerprint density at radius 2 is 1.44 bits per heavy atom. The number of aliphatic hydroxyl groups excluding tert-OH is 3. The summed E-state index contributed by atoms with van der Waals surface area (Å²) in [5.41, 5.74) is 0. The molecule has 0 amide bonds. The van der Waals surface area contributed by atoms with Crippen LogP contribution in [-0.4, -0.2) is 34.1 Å². The Kier molecular flexibility index (Phi) is 3.77. The molecule has 3 heteroatoms. The fourth-order valence-corrected chi connectivity index (χ4v) is 0.708. The molecule has 0 aromatic heterocycles. The minimum atomic E-state index is -0.644. The fraction of sp³-hybridized carbons (Fsp3) is 1.00. The summed E-state index contributed by atoms with van der Waals surface area (Å²) in [7, 11) is 0. The summed E-state index contributed by atoms with van der Waals surface area (Å²) in [4.78, 5) is 0. The topological polar surface area (TPSA) is 60.7 Å². The van der Waals surface area contributed by atoms with Gasteiger partial charge in [-0.15, -0.1) is 0 Å². The van der Waals surface area contributed by atoms with Crippen LogP contribution in [0.1, 0.15) is 13.8 Å². The van der Waals surface area contributed by atoms with E-state index in [1.165, 1.54) is 0 Å². The van der Waals surface area contributed by atoms with Gasteiger partial charge in [-0.1, -0.05) is 0 Å². The lowest BCUT2D eigenvalue weighted by atomic mass is 10.00. The van der Waals surface area contributed by atoms with Gasteiger partial charge >= 0.3 is 0 Å². The normalized spacial score (nSPS) is 18.0. The molecule has 9 heavy (non-hydrogen) atoms. The van der Waals surface area contributed by atoms with Crippen LogP contribution in [0, 0.1) is 5.92 Å². The zero-order valence-corrected chi connectivity index (χ0v) is 5.78. The summed E-state index contributed by atoms with van der Waals surface area (Å²) >= 11 is 0. The molecule has 3 N–H and O–H groups in total. The molecule has 3 nitrogen and oxygen atoms in total. The molecule has 2 atom stereocenters. The molecular formula is C6H14O3. The van der Waals surface area contributed by atoms with Gasteiger partial charge in [0.25, 0.3) is 0 Å². The van der Waals surface area contributed by atoms with E-state index in [0.717, 1.165) is 0 Å². The summed E-state index contributed by atoms with van der Waals surface area (Å²) in [6, 6.07) is 0. The van der Waals surface area contributed by atoms with Crippen molar-refractivity contribution in [1.29, 1.82) is 0 Å². The summed E-state index contributed by atoms with van der Waals surface area (Å²) in [6.45, 7) is 2.93. The fourth-order valence-electron chi connectivity index (χ4n) is 0.708. The van der Waals surface area contributed by atoms with Crippen molar-refractivity contribution in [3.05, 3.63) is 0 Å². The van der Waals surface area contributed by atoms with Crippen LogP contribution >= 0.6 is 0 Å². The average molecular weight is 134 g/mol. The van der Waals surface area contributed by atoms with Gasteiger partial charge in [0, 0.05) is 5.92 Å². The summed E-state index contributed by atoms with van der Waals surface area (Å²) in [5.74, 6) is -0.412. The first-order valence-corrected chi connectivity index (χ1v) is 3.06. The lowest BCUT2D eigenvalue weighted by molar-refractivity contribution is 0.000560. The van der Waals surface area contributed by atoms with Crippen LogP contribution in [-0.2, 0) is 0 Å². The SMILES string of the molecule is C[C@@H](O)C(CO)[C@@H](C)O. The Hall–Kier alpha value is -0.120. The highest BCUT2D eigenvalue weighted by molar-refractivity contribution is 4.68.